The summed E-state index contributed by atoms with van der Waals surface area (Å²) in [7, 11) is 0. The second kappa shape index (κ2) is 8.79. The summed E-state index contributed by atoms with van der Waals surface area (Å²) in [6.07, 6.45) is 1.03. The Bertz CT molecular complexity index is 1150. The van der Waals surface area contributed by atoms with Crippen LogP contribution in [-0.2, 0) is 11.3 Å². The van der Waals surface area contributed by atoms with Crippen molar-refractivity contribution in [2.75, 3.05) is 23.6 Å². The van der Waals surface area contributed by atoms with Gasteiger partial charge in [0.05, 0.1) is 5.69 Å². The number of aryl methyl sites for hydroxylation is 1. The molecule has 0 fully saturated rings. The number of fused-ring (bicyclic) bond motifs is 2. The van der Waals surface area contributed by atoms with Gasteiger partial charge in [0.25, 0.3) is 0 Å². The van der Waals surface area contributed by atoms with Crippen LogP contribution in [0.3, 0.4) is 0 Å². The van der Waals surface area contributed by atoms with Crippen molar-refractivity contribution >= 4 is 29.0 Å². The molecule has 32 heavy (non-hydrogen) atoms. The number of ether oxygens (including phenoxy) is 2. The fourth-order valence-corrected chi connectivity index (χ4v) is 5.60. The lowest BCUT2D eigenvalue weighted by molar-refractivity contribution is -0.114. The molecule has 164 valence electrons. The largest absolute Gasteiger partial charge is 0.454 e. The van der Waals surface area contributed by atoms with Crippen molar-refractivity contribution in [3.63, 3.8) is 0 Å². The molecule has 0 aliphatic carbocycles. The van der Waals surface area contributed by atoms with Gasteiger partial charge in [-0.2, -0.15) is 0 Å². The topological polar surface area (TPSA) is 50.8 Å². The molecule has 3 aromatic carbocycles. The third-order valence-corrected chi connectivity index (χ3v) is 7.18. The maximum Gasteiger partial charge on any atom is 0.231 e. The minimum absolute atomic E-state index is 0.0545. The van der Waals surface area contributed by atoms with Gasteiger partial charge in [0, 0.05) is 35.8 Å². The van der Waals surface area contributed by atoms with Crippen LogP contribution < -0.4 is 19.7 Å². The minimum Gasteiger partial charge on any atom is -0.454 e. The van der Waals surface area contributed by atoms with Crippen LogP contribution in [0.1, 0.15) is 35.3 Å². The molecule has 0 saturated carbocycles. The molecule has 5 nitrogen and oxygen atoms in total. The molecule has 0 aromatic heterocycles. The smallest absolute Gasteiger partial charge is 0.231 e. The molecular weight excluding hydrogens is 420 g/mol. The first-order valence-corrected chi connectivity index (χ1v) is 11.7. The van der Waals surface area contributed by atoms with Crippen molar-refractivity contribution in [2.24, 2.45) is 0 Å². The van der Waals surface area contributed by atoms with Crippen LogP contribution in [0.2, 0.25) is 0 Å². The zero-order valence-electron chi connectivity index (χ0n) is 18.3. The zero-order valence-corrected chi connectivity index (χ0v) is 19.1. The molecule has 0 spiro atoms. The maximum atomic E-state index is 11.3. The van der Waals surface area contributed by atoms with Crippen molar-refractivity contribution < 1.29 is 14.3 Å². The van der Waals surface area contributed by atoms with E-state index in [1.807, 2.05) is 30.0 Å². The summed E-state index contributed by atoms with van der Waals surface area (Å²) < 4.78 is 11.1. The quantitative estimate of drug-likeness (QED) is 0.539. The van der Waals surface area contributed by atoms with Crippen molar-refractivity contribution in [1.29, 1.82) is 0 Å². The van der Waals surface area contributed by atoms with E-state index in [4.69, 9.17) is 9.47 Å². The van der Waals surface area contributed by atoms with E-state index in [1.165, 1.54) is 34.2 Å². The minimum atomic E-state index is -0.0545. The van der Waals surface area contributed by atoms with E-state index in [9.17, 15) is 4.79 Å². The monoisotopic (exact) mass is 446 g/mol. The maximum absolute atomic E-state index is 11.3. The molecule has 2 aliphatic heterocycles. The van der Waals surface area contributed by atoms with Gasteiger partial charge in [0.15, 0.2) is 11.5 Å². The SMILES string of the molecule is CC(=O)Nc1ccc(CN2CC[C@H](c3ccc4c(c3)OCO4)Sc3cc(C)ccc32)cc1. The van der Waals surface area contributed by atoms with Crippen LogP contribution in [0.15, 0.2) is 65.6 Å². The summed E-state index contributed by atoms with van der Waals surface area (Å²) in [5, 5.41) is 3.18. The summed E-state index contributed by atoms with van der Waals surface area (Å²) >= 11 is 1.93. The molecule has 0 saturated heterocycles. The molecule has 1 atom stereocenters. The number of nitrogens with zero attached hydrogens (tertiary/aromatic N) is 1. The molecular formula is C26H26N2O3S. The van der Waals surface area contributed by atoms with E-state index in [0.29, 0.717) is 12.0 Å². The average Bonchev–Trinajstić information content (AvgIpc) is 3.17. The van der Waals surface area contributed by atoms with Crippen LogP contribution in [0.4, 0.5) is 11.4 Å². The molecule has 2 heterocycles. The first-order chi connectivity index (χ1) is 15.5. The Morgan fingerprint density at radius 2 is 1.88 bits per heavy atom. The van der Waals surface area contributed by atoms with Gasteiger partial charge in [-0.15, -0.1) is 11.8 Å². The van der Waals surface area contributed by atoms with E-state index in [0.717, 1.165) is 36.7 Å². The van der Waals surface area contributed by atoms with Crippen molar-refractivity contribution in [2.45, 2.75) is 37.0 Å². The highest BCUT2D eigenvalue weighted by atomic mass is 32.2. The summed E-state index contributed by atoms with van der Waals surface area (Å²) in [5.41, 5.74) is 5.86. The number of hydrogen-bond donors (Lipinski definition) is 1. The van der Waals surface area contributed by atoms with Crippen LogP contribution in [-0.4, -0.2) is 19.2 Å². The molecule has 0 radical (unpaired) electrons. The number of amides is 1. The lowest BCUT2D eigenvalue weighted by Gasteiger charge is -2.25. The zero-order chi connectivity index (χ0) is 22.1. The number of nitrogens with one attached hydrogen (secondary N) is 1. The van der Waals surface area contributed by atoms with Gasteiger partial charge < -0.3 is 19.7 Å². The van der Waals surface area contributed by atoms with E-state index in [-0.39, 0.29) is 5.91 Å². The van der Waals surface area contributed by atoms with Gasteiger partial charge in [-0.3, -0.25) is 4.79 Å². The van der Waals surface area contributed by atoms with E-state index < -0.39 is 0 Å². The van der Waals surface area contributed by atoms with Crippen molar-refractivity contribution in [1.82, 2.24) is 0 Å². The summed E-state index contributed by atoms with van der Waals surface area (Å²) in [6.45, 7) is 5.75. The lowest BCUT2D eigenvalue weighted by Crippen LogP contribution is -2.24. The van der Waals surface area contributed by atoms with Crippen LogP contribution in [0.5, 0.6) is 11.5 Å². The molecule has 6 heteroatoms. The van der Waals surface area contributed by atoms with Crippen molar-refractivity contribution in [3.8, 4) is 11.5 Å². The third-order valence-electron chi connectivity index (χ3n) is 5.80. The van der Waals surface area contributed by atoms with Gasteiger partial charge in [-0.05, 0) is 66.4 Å². The van der Waals surface area contributed by atoms with Crippen LogP contribution in [0.25, 0.3) is 0 Å². The van der Waals surface area contributed by atoms with E-state index in [2.05, 4.69) is 59.6 Å². The van der Waals surface area contributed by atoms with Crippen LogP contribution >= 0.6 is 11.8 Å². The Kier molecular flexibility index (Phi) is 5.70. The number of carbonyl (C=O) groups excluding carboxylic acids is 1. The van der Waals surface area contributed by atoms with Gasteiger partial charge in [-0.25, -0.2) is 0 Å². The summed E-state index contributed by atoms with van der Waals surface area (Å²) in [5.74, 6) is 1.61. The fraction of sp³-hybridized carbons (Fsp3) is 0.269. The predicted octanol–water partition coefficient (Wildman–Crippen LogP) is 5.93. The predicted molar refractivity (Wildman–Crippen MR) is 129 cm³/mol. The highest BCUT2D eigenvalue weighted by molar-refractivity contribution is 7.99. The molecule has 0 bridgehead atoms. The number of hydrogen-bond acceptors (Lipinski definition) is 5. The Hall–Kier alpha value is -3.12. The Morgan fingerprint density at radius 3 is 2.69 bits per heavy atom. The number of thioether (sulfide) groups is 1. The van der Waals surface area contributed by atoms with Crippen LogP contribution in [0, 0.1) is 6.92 Å². The molecule has 1 N–H and O–H groups in total. The second-order valence-electron chi connectivity index (χ2n) is 8.28. The van der Waals surface area contributed by atoms with E-state index in [1.54, 1.807) is 0 Å². The molecule has 2 aliphatic rings. The Morgan fingerprint density at radius 1 is 1.06 bits per heavy atom. The third kappa shape index (κ3) is 4.41. The Balaban J connectivity index is 1.40. The highest BCUT2D eigenvalue weighted by Crippen LogP contribution is 2.47. The summed E-state index contributed by atoms with van der Waals surface area (Å²) in [4.78, 5) is 15.1. The number of anilines is 2. The second-order valence-corrected chi connectivity index (χ2v) is 9.52. The molecule has 0 unspecified atom stereocenters. The van der Waals surface area contributed by atoms with Gasteiger partial charge in [0.2, 0.25) is 12.7 Å². The first kappa shape index (κ1) is 20.8. The normalized spacial score (nSPS) is 16.9. The lowest BCUT2D eigenvalue weighted by atomic mass is 10.1. The standard InChI is InChI=1S/C26H26N2O3S/c1-17-3-9-22-26(13-17)32-25(20-6-10-23-24(14-20)31-16-30-23)11-12-28(22)15-19-4-7-21(8-5-19)27-18(2)29/h3-10,13-14,25H,11-12,15-16H2,1-2H3,(H,27,29)/t25-/m1/s1. The van der Waals surface area contributed by atoms with Gasteiger partial charge >= 0.3 is 0 Å². The van der Waals surface area contributed by atoms with Crippen molar-refractivity contribution in [3.05, 3.63) is 77.4 Å². The molecule has 3 aromatic rings. The first-order valence-electron chi connectivity index (χ1n) is 10.8. The number of benzene rings is 3. The summed E-state index contributed by atoms with van der Waals surface area (Å²) in [6, 6.07) is 21.1. The number of rotatable bonds is 4. The molecule has 1 amide bonds. The van der Waals surface area contributed by atoms with Gasteiger partial charge in [0.1, 0.15) is 0 Å². The Labute approximate surface area is 192 Å². The number of carbonyl (C=O) groups is 1. The fourth-order valence-electron chi connectivity index (χ4n) is 4.21. The highest BCUT2D eigenvalue weighted by Gasteiger charge is 2.25. The van der Waals surface area contributed by atoms with E-state index >= 15 is 0 Å². The molecule has 5 rings (SSSR count). The average molecular weight is 447 g/mol. The van der Waals surface area contributed by atoms with Gasteiger partial charge in [-0.1, -0.05) is 24.3 Å².